The highest BCUT2D eigenvalue weighted by molar-refractivity contribution is 7.19. The van der Waals surface area contributed by atoms with Crippen molar-refractivity contribution >= 4 is 21.6 Å². The standard InChI is InChI=1S/C22H27N3O3S/c1-22(2)12-17-16(14-28-22)18-19(29-17)20(26)25(13-15-8-6-5-7-9-15)21(27)24(18)11-10-23(3)4/h5-9H,10-14H2,1-4H3. The molecule has 0 bridgehead atoms. The van der Waals surface area contributed by atoms with Gasteiger partial charge in [0.15, 0.2) is 0 Å². The lowest BCUT2D eigenvalue weighted by Gasteiger charge is -2.30. The predicted molar refractivity (Wildman–Crippen MR) is 117 cm³/mol. The molecule has 1 aromatic carbocycles. The number of ether oxygens (including phenoxy) is 1. The maximum absolute atomic E-state index is 13.4. The molecular weight excluding hydrogens is 386 g/mol. The molecule has 0 fully saturated rings. The maximum Gasteiger partial charge on any atom is 0.331 e. The lowest BCUT2D eigenvalue weighted by molar-refractivity contribution is -0.0384. The Hall–Kier alpha value is -2.22. The van der Waals surface area contributed by atoms with Gasteiger partial charge in [-0.2, -0.15) is 0 Å². The van der Waals surface area contributed by atoms with E-state index in [0.29, 0.717) is 17.9 Å². The lowest BCUT2D eigenvalue weighted by atomic mass is 9.98. The Bertz CT molecular complexity index is 1160. The summed E-state index contributed by atoms with van der Waals surface area (Å²) in [4.78, 5) is 29.9. The molecule has 4 rings (SSSR count). The van der Waals surface area contributed by atoms with Crippen LogP contribution in [-0.4, -0.2) is 40.3 Å². The van der Waals surface area contributed by atoms with E-state index in [2.05, 4.69) is 13.8 Å². The fourth-order valence-corrected chi connectivity index (χ4v) is 5.27. The zero-order valence-corrected chi connectivity index (χ0v) is 18.2. The first-order valence-electron chi connectivity index (χ1n) is 9.87. The van der Waals surface area contributed by atoms with Gasteiger partial charge in [-0.25, -0.2) is 4.79 Å². The van der Waals surface area contributed by atoms with Gasteiger partial charge in [0.2, 0.25) is 0 Å². The molecule has 29 heavy (non-hydrogen) atoms. The Labute approximate surface area is 174 Å². The van der Waals surface area contributed by atoms with Crippen molar-refractivity contribution in [1.82, 2.24) is 14.0 Å². The van der Waals surface area contributed by atoms with Crippen molar-refractivity contribution in [1.29, 1.82) is 0 Å². The van der Waals surface area contributed by atoms with Gasteiger partial charge >= 0.3 is 5.69 Å². The summed E-state index contributed by atoms with van der Waals surface area (Å²) in [6.45, 7) is 6.09. The van der Waals surface area contributed by atoms with Gasteiger partial charge in [0.25, 0.3) is 5.56 Å². The maximum atomic E-state index is 13.4. The molecule has 1 aliphatic rings. The van der Waals surface area contributed by atoms with E-state index in [-0.39, 0.29) is 23.4 Å². The summed E-state index contributed by atoms with van der Waals surface area (Å²) < 4.78 is 9.83. The molecule has 3 aromatic rings. The van der Waals surface area contributed by atoms with Crippen molar-refractivity contribution in [3.8, 4) is 0 Å². The molecule has 7 heteroatoms. The smallest absolute Gasteiger partial charge is 0.331 e. The van der Waals surface area contributed by atoms with E-state index >= 15 is 0 Å². The van der Waals surface area contributed by atoms with Crippen LogP contribution in [0.5, 0.6) is 0 Å². The van der Waals surface area contributed by atoms with Crippen LogP contribution in [0.4, 0.5) is 0 Å². The van der Waals surface area contributed by atoms with E-state index < -0.39 is 0 Å². The van der Waals surface area contributed by atoms with Crippen LogP contribution in [0.15, 0.2) is 39.9 Å². The molecule has 0 atom stereocenters. The third-order valence-electron chi connectivity index (χ3n) is 5.38. The lowest BCUT2D eigenvalue weighted by Crippen LogP contribution is -2.41. The normalized spacial score (nSPS) is 15.8. The average molecular weight is 414 g/mol. The van der Waals surface area contributed by atoms with E-state index in [1.807, 2.05) is 49.3 Å². The summed E-state index contributed by atoms with van der Waals surface area (Å²) in [6.07, 6.45) is 0.752. The molecule has 1 aliphatic heterocycles. The van der Waals surface area contributed by atoms with E-state index in [1.54, 1.807) is 4.57 Å². The van der Waals surface area contributed by atoms with Crippen LogP contribution in [0.25, 0.3) is 10.2 Å². The molecular formula is C22H27N3O3S. The zero-order valence-electron chi connectivity index (χ0n) is 17.4. The van der Waals surface area contributed by atoms with E-state index in [1.165, 1.54) is 15.9 Å². The van der Waals surface area contributed by atoms with E-state index in [4.69, 9.17) is 4.74 Å². The fraction of sp³-hybridized carbons (Fsp3) is 0.455. The summed E-state index contributed by atoms with van der Waals surface area (Å²) in [6, 6.07) is 9.66. The van der Waals surface area contributed by atoms with Crippen LogP contribution in [0.3, 0.4) is 0 Å². The summed E-state index contributed by atoms with van der Waals surface area (Å²) in [5.74, 6) is 0. The van der Waals surface area contributed by atoms with Crippen molar-refractivity contribution in [2.24, 2.45) is 0 Å². The fourth-order valence-electron chi connectivity index (χ4n) is 3.79. The van der Waals surface area contributed by atoms with Gasteiger partial charge in [0, 0.05) is 30.0 Å². The molecule has 0 aliphatic carbocycles. The van der Waals surface area contributed by atoms with Gasteiger partial charge in [-0.3, -0.25) is 13.9 Å². The molecule has 0 radical (unpaired) electrons. The van der Waals surface area contributed by atoms with Crippen LogP contribution < -0.4 is 11.2 Å². The second kappa shape index (κ2) is 7.55. The second-order valence-corrected chi connectivity index (χ2v) is 9.63. The Morgan fingerprint density at radius 3 is 2.55 bits per heavy atom. The summed E-state index contributed by atoms with van der Waals surface area (Å²) in [7, 11) is 3.97. The third-order valence-corrected chi connectivity index (χ3v) is 6.59. The molecule has 0 saturated heterocycles. The first-order chi connectivity index (χ1) is 13.8. The molecule has 3 heterocycles. The minimum absolute atomic E-state index is 0.202. The number of likely N-dealkylation sites (N-methyl/N-ethyl adjacent to an activating group) is 1. The van der Waals surface area contributed by atoms with Gasteiger partial charge in [0.05, 0.1) is 24.3 Å². The van der Waals surface area contributed by atoms with Gasteiger partial charge in [-0.05, 0) is 33.5 Å². The molecule has 2 aromatic heterocycles. The number of hydrogen-bond acceptors (Lipinski definition) is 5. The Morgan fingerprint density at radius 2 is 1.86 bits per heavy atom. The Kier molecular flexibility index (Phi) is 5.23. The minimum Gasteiger partial charge on any atom is -0.370 e. The number of fused-ring (bicyclic) bond motifs is 3. The van der Waals surface area contributed by atoms with Gasteiger partial charge < -0.3 is 9.64 Å². The molecule has 0 amide bonds. The first kappa shape index (κ1) is 20.1. The highest BCUT2D eigenvalue weighted by Crippen LogP contribution is 2.37. The Balaban J connectivity index is 1.93. The van der Waals surface area contributed by atoms with Crippen LogP contribution in [0.2, 0.25) is 0 Å². The van der Waals surface area contributed by atoms with Crippen molar-refractivity contribution in [3.63, 3.8) is 0 Å². The van der Waals surface area contributed by atoms with E-state index in [0.717, 1.165) is 34.5 Å². The molecule has 0 unspecified atom stereocenters. The molecule has 0 N–H and O–H groups in total. The van der Waals surface area contributed by atoms with E-state index in [9.17, 15) is 9.59 Å². The van der Waals surface area contributed by atoms with Crippen molar-refractivity contribution in [3.05, 3.63) is 67.2 Å². The number of hydrogen-bond donors (Lipinski definition) is 0. The summed E-state index contributed by atoms with van der Waals surface area (Å²) in [5.41, 5.74) is 2.00. The number of rotatable bonds is 5. The van der Waals surface area contributed by atoms with Crippen LogP contribution in [-0.2, 0) is 30.9 Å². The summed E-state index contributed by atoms with van der Waals surface area (Å²) in [5, 5.41) is 0. The number of nitrogens with zero attached hydrogens (tertiary/aromatic N) is 3. The zero-order chi connectivity index (χ0) is 20.8. The summed E-state index contributed by atoms with van der Waals surface area (Å²) >= 11 is 1.52. The molecule has 6 nitrogen and oxygen atoms in total. The third kappa shape index (κ3) is 3.82. The largest absolute Gasteiger partial charge is 0.370 e. The topological polar surface area (TPSA) is 56.5 Å². The number of benzene rings is 1. The van der Waals surface area contributed by atoms with Gasteiger partial charge in [-0.15, -0.1) is 11.3 Å². The Morgan fingerprint density at radius 1 is 1.14 bits per heavy atom. The molecule has 0 spiro atoms. The van der Waals surface area contributed by atoms with Crippen molar-refractivity contribution in [2.45, 2.75) is 45.6 Å². The highest BCUT2D eigenvalue weighted by Gasteiger charge is 2.31. The highest BCUT2D eigenvalue weighted by atomic mass is 32.1. The molecule has 154 valence electrons. The van der Waals surface area contributed by atoms with Crippen LogP contribution >= 0.6 is 11.3 Å². The van der Waals surface area contributed by atoms with Crippen LogP contribution in [0.1, 0.15) is 29.9 Å². The predicted octanol–water partition coefficient (Wildman–Crippen LogP) is 2.69. The second-order valence-electron chi connectivity index (χ2n) is 8.52. The van der Waals surface area contributed by atoms with Gasteiger partial charge in [0.1, 0.15) is 4.70 Å². The van der Waals surface area contributed by atoms with Gasteiger partial charge in [-0.1, -0.05) is 30.3 Å². The van der Waals surface area contributed by atoms with Crippen LogP contribution in [0, 0.1) is 0 Å². The minimum atomic E-state index is -0.258. The quantitative estimate of drug-likeness (QED) is 0.645. The average Bonchev–Trinajstić information content (AvgIpc) is 3.03. The first-order valence-corrected chi connectivity index (χ1v) is 10.7. The SMILES string of the molecule is CN(C)CCn1c(=O)n(Cc2ccccc2)c(=O)c2sc3c(c21)COC(C)(C)C3. The molecule has 0 saturated carbocycles. The number of thiophene rings is 1. The monoisotopic (exact) mass is 413 g/mol. The van der Waals surface area contributed by atoms with Crippen molar-refractivity contribution in [2.75, 3.05) is 20.6 Å². The van der Waals surface area contributed by atoms with Crippen molar-refractivity contribution < 1.29 is 4.74 Å². The number of aromatic nitrogens is 2.